The summed E-state index contributed by atoms with van der Waals surface area (Å²) in [5, 5.41) is 10.2. The van der Waals surface area contributed by atoms with Crippen molar-refractivity contribution in [1.29, 1.82) is 0 Å². The molecule has 0 heterocycles. The van der Waals surface area contributed by atoms with Crippen molar-refractivity contribution >= 4 is 5.97 Å². The summed E-state index contributed by atoms with van der Waals surface area (Å²) < 4.78 is 4.70. The zero-order valence-corrected chi connectivity index (χ0v) is 12.4. The second kappa shape index (κ2) is 6.05. The molecule has 106 valence electrons. The van der Waals surface area contributed by atoms with Crippen LogP contribution in [-0.2, 0) is 9.53 Å². The smallest absolute Gasteiger partial charge is 0.311 e. The maximum atomic E-state index is 11.4. The Morgan fingerprint density at radius 3 is 2.11 bits per heavy atom. The van der Waals surface area contributed by atoms with Gasteiger partial charge in [-0.25, -0.2) is 0 Å². The minimum atomic E-state index is -0.557. The molecule has 2 unspecified atom stereocenters. The van der Waals surface area contributed by atoms with Crippen LogP contribution in [0, 0.1) is 23.2 Å². The standard InChI is InChI=1S/C15H28O3/c1-10(14(17)18-5)13(16)11-6-8-12(9-7-11)15(2,3)4/h10-13,16H,6-9H2,1-5H3. The maximum absolute atomic E-state index is 11.4. The van der Waals surface area contributed by atoms with Crippen LogP contribution >= 0.6 is 0 Å². The van der Waals surface area contributed by atoms with Crippen molar-refractivity contribution in [3.05, 3.63) is 0 Å². The van der Waals surface area contributed by atoms with Gasteiger partial charge in [0.15, 0.2) is 0 Å². The molecular weight excluding hydrogens is 228 g/mol. The summed E-state index contributed by atoms with van der Waals surface area (Å²) in [5.74, 6) is 0.263. The largest absolute Gasteiger partial charge is 0.469 e. The first-order chi connectivity index (χ1) is 8.27. The Balaban J connectivity index is 2.50. The lowest BCUT2D eigenvalue weighted by Gasteiger charge is -2.39. The monoisotopic (exact) mass is 256 g/mol. The number of hydrogen-bond acceptors (Lipinski definition) is 3. The van der Waals surface area contributed by atoms with Crippen molar-refractivity contribution in [2.24, 2.45) is 23.2 Å². The summed E-state index contributed by atoms with van der Waals surface area (Å²) in [5.41, 5.74) is 0.351. The van der Waals surface area contributed by atoms with Crippen LogP contribution in [0.5, 0.6) is 0 Å². The molecular formula is C15H28O3. The summed E-state index contributed by atoms with van der Waals surface area (Å²) in [6.45, 7) is 8.61. The van der Waals surface area contributed by atoms with Gasteiger partial charge in [0, 0.05) is 0 Å². The van der Waals surface area contributed by atoms with Crippen LogP contribution in [0.25, 0.3) is 0 Å². The molecule has 1 fully saturated rings. The lowest BCUT2D eigenvalue weighted by atomic mass is 9.68. The highest BCUT2D eigenvalue weighted by Crippen LogP contribution is 2.41. The molecule has 1 rings (SSSR count). The average molecular weight is 256 g/mol. The van der Waals surface area contributed by atoms with E-state index in [0.717, 1.165) is 31.6 Å². The molecule has 0 aromatic carbocycles. The number of carbonyl (C=O) groups excluding carboxylic acids is 1. The van der Waals surface area contributed by atoms with E-state index >= 15 is 0 Å². The predicted octanol–water partition coefficient (Wildman–Crippen LogP) is 3.01. The van der Waals surface area contributed by atoms with Gasteiger partial charge in [-0.15, -0.1) is 0 Å². The van der Waals surface area contributed by atoms with Crippen molar-refractivity contribution in [1.82, 2.24) is 0 Å². The fourth-order valence-corrected chi connectivity index (χ4v) is 3.06. The number of carbonyl (C=O) groups is 1. The van der Waals surface area contributed by atoms with Gasteiger partial charge in [-0.05, 0) is 49.9 Å². The third-order valence-corrected chi connectivity index (χ3v) is 4.56. The van der Waals surface area contributed by atoms with E-state index in [1.54, 1.807) is 6.92 Å². The van der Waals surface area contributed by atoms with Crippen LogP contribution in [-0.4, -0.2) is 24.3 Å². The number of aliphatic hydroxyl groups excluding tert-OH is 1. The van der Waals surface area contributed by atoms with Gasteiger partial charge in [0.1, 0.15) is 0 Å². The van der Waals surface area contributed by atoms with Gasteiger partial charge in [0.2, 0.25) is 0 Å². The molecule has 3 nitrogen and oxygen atoms in total. The topological polar surface area (TPSA) is 46.5 Å². The second-order valence-electron chi connectivity index (χ2n) is 6.78. The fourth-order valence-electron chi connectivity index (χ4n) is 3.06. The van der Waals surface area contributed by atoms with E-state index < -0.39 is 12.0 Å². The molecule has 1 aliphatic rings. The normalized spacial score (nSPS) is 28.6. The lowest BCUT2D eigenvalue weighted by Crippen LogP contribution is -2.37. The van der Waals surface area contributed by atoms with Gasteiger partial charge in [-0.2, -0.15) is 0 Å². The molecule has 1 aliphatic carbocycles. The van der Waals surface area contributed by atoms with E-state index in [4.69, 9.17) is 4.74 Å². The number of hydrogen-bond donors (Lipinski definition) is 1. The highest BCUT2D eigenvalue weighted by Gasteiger charge is 2.35. The molecule has 0 radical (unpaired) electrons. The maximum Gasteiger partial charge on any atom is 0.311 e. The zero-order valence-electron chi connectivity index (χ0n) is 12.4. The van der Waals surface area contributed by atoms with Crippen molar-refractivity contribution in [3.63, 3.8) is 0 Å². The summed E-state index contributed by atoms with van der Waals surface area (Å²) in [6.07, 6.45) is 3.78. The summed E-state index contributed by atoms with van der Waals surface area (Å²) in [7, 11) is 1.38. The third kappa shape index (κ3) is 3.71. The SMILES string of the molecule is COC(=O)C(C)C(O)C1CCC(C(C)(C)C)CC1. The average Bonchev–Trinajstić information content (AvgIpc) is 2.35. The predicted molar refractivity (Wildman–Crippen MR) is 72.1 cm³/mol. The summed E-state index contributed by atoms with van der Waals surface area (Å²) in [6, 6.07) is 0. The van der Waals surface area contributed by atoms with Gasteiger partial charge in [0.05, 0.1) is 19.1 Å². The molecule has 3 heteroatoms. The Kier molecular flexibility index (Phi) is 5.20. The molecule has 0 spiro atoms. The molecule has 0 aromatic heterocycles. The van der Waals surface area contributed by atoms with Crippen LogP contribution in [0.1, 0.15) is 53.4 Å². The van der Waals surface area contributed by atoms with Crippen molar-refractivity contribution in [3.8, 4) is 0 Å². The molecule has 1 N–H and O–H groups in total. The number of methoxy groups -OCH3 is 1. The Bertz CT molecular complexity index is 272. The fraction of sp³-hybridized carbons (Fsp3) is 0.933. The van der Waals surface area contributed by atoms with E-state index in [1.165, 1.54) is 7.11 Å². The van der Waals surface area contributed by atoms with E-state index in [-0.39, 0.29) is 11.9 Å². The number of rotatable bonds is 3. The van der Waals surface area contributed by atoms with Crippen molar-refractivity contribution in [2.45, 2.75) is 59.5 Å². The number of ether oxygens (including phenoxy) is 1. The highest BCUT2D eigenvalue weighted by molar-refractivity contribution is 5.72. The third-order valence-electron chi connectivity index (χ3n) is 4.56. The lowest BCUT2D eigenvalue weighted by molar-refractivity contribution is -0.150. The Hall–Kier alpha value is -0.570. The van der Waals surface area contributed by atoms with E-state index in [0.29, 0.717) is 5.41 Å². The van der Waals surface area contributed by atoms with Gasteiger partial charge in [0.25, 0.3) is 0 Å². The Labute approximate surface area is 111 Å². The number of aliphatic hydroxyl groups is 1. The molecule has 0 bridgehead atoms. The van der Waals surface area contributed by atoms with Crippen LogP contribution in [0.3, 0.4) is 0 Å². The molecule has 2 atom stereocenters. The quantitative estimate of drug-likeness (QED) is 0.790. The van der Waals surface area contributed by atoms with Crippen LogP contribution < -0.4 is 0 Å². The van der Waals surface area contributed by atoms with E-state index in [2.05, 4.69) is 20.8 Å². The summed E-state index contributed by atoms with van der Waals surface area (Å²) in [4.78, 5) is 11.4. The van der Waals surface area contributed by atoms with Crippen LogP contribution in [0.4, 0.5) is 0 Å². The zero-order chi connectivity index (χ0) is 13.9. The van der Waals surface area contributed by atoms with Gasteiger partial charge in [-0.1, -0.05) is 20.8 Å². The van der Waals surface area contributed by atoms with Crippen molar-refractivity contribution < 1.29 is 14.6 Å². The number of esters is 1. The first kappa shape index (κ1) is 15.5. The van der Waals surface area contributed by atoms with Crippen LogP contribution in [0.2, 0.25) is 0 Å². The minimum absolute atomic E-state index is 0.248. The van der Waals surface area contributed by atoms with Gasteiger partial charge >= 0.3 is 5.97 Å². The van der Waals surface area contributed by atoms with Crippen LogP contribution in [0.15, 0.2) is 0 Å². The summed E-state index contributed by atoms with van der Waals surface area (Å²) >= 11 is 0. The molecule has 0 aliphatic heterocycles. The van der Waals surface area contributed by atoms with Gasteiger partial charge in [-0.3, -0.25) is 4.79 Å². The molecule has 1 saturated carbocycles. The first-order valence-corrected chi connectivity index (χ1v) is 7.03. The Morgan fingerprint density at radius 1 is 1.22 bits per heavy atom. The first-order valence-electron chi connectivity index (χ1n) is 7.03. The van der Waals surface area contributed by atoms with E-state index in [9.17, 15) is 9.90 Å². The molecule has 0 saturated heterocycles. The molecule has 18 heavy (non-hydrogen) atoms. The molecule has 0 amide bonds. The van der Waals surface area contributed by atoms with Gasteiger partial charge < -0.3 is 9.84 Å². The minimum Gasteiger partial charge on any atom is -0.469 e. The van der Waals surface area contributed by atoms with Crippen molar-refractivity contribution in [2.75, 3.05) is 7.11 Å². The highest BCUT2D eigenvalue weighted by atomic mass is 16.5. The Morgan fingerprint density at radius 2 is 1.72 bits per heavy atom. The molecule has 0 aromatic rings. The second-order valence-corrected chi connectivity index (χ2v) is 6.78. The van der Waals surface area contributed by atoms with E-state index in [1.807, 2.05) is 0 Å².